The lowest BCUT2D eigenvalue weighted by atomic mass is 10.1. The summed E-state index contributed by atoms with van der Waals surface area (Å²) in [5, 5.41) is 8.32. The van der Waals surface area contributed by atoms with E-state index < -0.39 is 5.82 Å². The Bertz CT molecular complexity index is 1470. The summed E-state index contributed by atoms with van der Waals surface area (Å²) < 4.78 is 16.5. The summed E-state index contributed by atoms with van der Waals surface area (Å²) >= 11 is 6.09. The van der Waals surface area contributed by atoms with Crippen molar-refractivity contribution in [2.75, 3.05) is 6.54 Å². The van der Waals surface area contributed by atoms with Crippen LogP contribution in [0.3, 0.4) is 0 Å². The van der Waals surface area contributed by atoms with E-state index in [1.807, 2.05) is 35.3 Å². The lowest BCUT2D eigenvalue weighted by Crippen LogP contribution is -2.28. The van der Waals surface area contributed by atoms with Crippen LogP contribution in [-0.2, 0) is 13.1 Å². The van der Waals surface area contributed by atoms with Gasteiger partial charge in [-0.15, -0.1) is 0 Å². The van der Waals surface area contributed by atoms with E-state index >= 15 is 0 Å². The Kier molecular flexibility index (Phi) is 4.48. The average Bonchev–Trinajstić information content (AvgIpc) is 3.47. The van der Waals surface area contributed by atoms with Crippen LogP contribution in [0.15, 0.2) is 55.1 Å². The van der Waals surface area contributed by atoms with Gasteiger partial charge in [0.2, 0.25) is 0 Å². The first kappa shape index (κ1) is 19.1. The Morgan fingerprint density at radius 3 is 2.88 bits per heavy atom. The van der Waals surface area contributed by atoms with Gasteiger partial charge in [0.1, 0.15) is 11.5 Å². The van der Waals surface area contributed by atoms with Crippen LogP contribution in [0.5, 0.6) is 0 Å². The highest BCUT2D eigenvalue weighted by atomic mass is 35.5. The standard InChI is InChI=1S/C23H17ClFN7/c24-14-1-2-17(25)15(8-14)22-23(29-12-28-22)19-4-3-18-20(31-19)7-13(9-27-18)16-10-30-32-6-5-26-11-21(16)32/h1-4,7-10,12,26H,5-6,11H2,(H,28,29). The van der Waals surface area contributed by atoms with Crippen LogP contribution in [0.4, 0.5) is 4.39 Å². The van der Waals surface area contributed by atoms with Crippen LogP contribution in [-0.4, -0.2) is 36.3 Å². The number of hydrogen-bond donors (Lipinski definition) is 2. The molecular weight excluding hydrogens is 429 g/mol. The Morgan fingerprint density at radius 2 is 1.94 bits per heavy atom. The largest absolute Gasteiger partial charge is 0.343 e. The molecule has 0 aliphatic carbocycles. The lowest BCUT2D eigenvalue weighted by molar-refractivity contribution is 0.476. The van der Waals surface area contributed by atoms with Crippen molar-refractivity contribution in [1.29, 1.82) is 0 Å². The maximum atomic E-state index is 14.5. The van der Waals surface area contributed by atoms with Gasteiger partial charge in [-0.1, -0.05) is 11.6 Å². The smallest absolute Gasteiger partial charge is 0.132 e. The highest BCUT2D eigenvalue weighted by Gasteiger charge is 2.18. The van der Waals surface area contributed by atoms with Crippen LogP contribution >= 0.6 is 11.6 Å². The van der Waals surface area contributed by atoms with E-state index in [4.69, 9.17) is 16.6 Å². The number of nitrogens with zero attached hydrogens (tertiary/aromatic N) is 5. The molecule has 0 amide bonds. The van der Waals surface area contributed by atoms with Crippen molar-refractivity contribution in [2.45, 2.75) is 13.1 Å². The number of H-pyrrole nitrogens is 1. The molecular formula is C23H17ClFN7. The second-order valence-electron chi connectivity index (χ2n) is 7.61. The van der Waals surface area contributed by atoms with Gasteiger partial charge >= 0.3 is 0 Å². The highest BCUT2D eigenvalue weighted by molar-refractivity contribution is 6.30. The molecule has 0 bridgehead atoms. The molecule has 7 nitrogen and oxygen atoms in total. The Hall–Kier alpha value is -3.62. The maximum absolute atomic E-state index is 14.5. The van der Waals surface area contributed by atoms with E-state index in [-0.39, 0.29) is 0 Å². The highest BCUT2D eigenvalue weighted by Crippen LogP contribution is 2.33. The van der Waals surface area contributed by atoms with Gasteiger partial charge in [0.05, 0.1) is 47.2 Å². The van der Waals surface area contributed by atoms with Gasteiger partial charge in [0.25, 0.3) is 0 Å². The second-order valence-corrected chi connectivity index (χ2v) is 8.05. The zero-order valence-corrected chi connectivity index (χ0v) is 17.6. The quantitative estimate of drug-likeness (QED) is 0.428. The first-order chi connectivity index (χ1) is 15.7. The molecule has 1 aliphatic rings. The van der Waals surface area contributed by atoms with Gasteiger partial charge in [-0.25, -0.2) is 14.4 Å². The molecule has 0 unspecified atom stereocenters. The fourth-order valence-electron chi connectivity index (χ4n) is 4.09. The number of imidazole rings is 1. The van der Waals surface area contributed by atoms with E-state index in [1.54, 1.807) is 6.07 Å². The van der Waals surface area contributed by atoms with Gasteiger partial charge in [-0.2, -0.15) is 5.10 Å². The molecule has 0 fully saturated rings. The third-order valence-electron chi connectivity index (χ3n) is 5.67. The summed E-state index contributed by atoms with van der Waals surface area (Å²) in [6, 6.07) is 10.2. The zero-order chi connectivity index (χ0) is 21.7. The fraction of sp³-hybridized carbons (Fsp3) is 0.130. The minimum absolute atomic E-state index is 0.321. The van der Waals surface area contributed by atoms with Gasteiger partial charge < -0.3 is 10.3 Å². The average molecular weight is 446 g/mol. The molecule has 158 valence electrons. The molecule has 5 heterocycles. The van der Waals surface area contributed by atoms with Crippen LogP contribution in [0.2, 0.25) is 5.02 Å². The summed E-state index contributed by atoms with van der Waals surface area (Å²) in [4.78, 5) is 16.8. The molecule has 1 aliphatic heterocycles. The Morgan fingerprint density at radius 1 is 1.00 bits per heavy atom. The number of fused-ring (bicyclic) bond motifs is 2. The molecule has 0 saturated heterocycles. The number of halogens is 2. The van der Waals surface area contributed by atoms with Gasteiger partial charge in [0.15, 0.2) is 0 Å². The van der Waals surface area contributed by atoms with Crippen LogP contribution in [0, 0.1) is 5.82 Å². The SMILES string of the molecule is Fc1ccc(Cl)cc1-c1nc[nH]c1-c1ccc2ncc(-c3cnn4c3CNCC4)cc2n1. The molecule has 32 heavy (non-hydrogen) atoms. The molecule has 0 spiro atoms. The van der Waals surface area contributed by atoms with E-state index in [0.29, 0.717) is 27.7 Å². The van der Waals surface area contributed by atoms with Crippen molar-refractivity contribution < 1.29 is 4.39 Å². The summed E-state index contributed by atoms with van der Waals surface area (Å²) in [7, 11) is 0. The first-order valence-corrected chi connectivity index (χ1v) is 10.6. The van der Waals surface area contributed by atoms with E-state index in [1.165, 1.54) is 18.5 Å². The number of aromatic amines is 1. The Labute approximate surface area is 187 Å². The van der Waals surface area contributed by atoms with Gasteiger partial charge in [-0.3, -0.25) is 9.67 Å². The summed E-state index contributed by atoms with van der Waals surface area (Å²) in [6.45, 7) is 2.53. The Balaban J connectivity index is 1.45. The second kappa shape index (κ2) is 7.51. The third kappa shape index (κ3) is 3.16. The topological polar surface area (TPSA) is 84.3 Å². The van der Waals surface area contributed by atoms with Gasteiger partial charge in [0, 0.05) is 41.0 Å². The predicted octanol–water partition coefficient (Wildman–Crippen LogP) is 4.45. The minimum Gasteiger partial charge on any atom is -0.343 e. The van der Waals surface area contributed by atoms with E-state index in [2.05, 4.69) is 25.4 Å². The number of aromatic nitrogens is 6. The van der Waals surface area contributed by atoms with Crippen molar-refractivity contribution in [3.8, 4) is 33.8 Å². The molecule has 9 heteroatoms. The molecule has 5 aromatic rings. The normalized spacial score (nSPS) is 13.4. The maximum Gasteiger partial charge on any atom is 0.132 e. The number of nitrogens with one attached hydrogen (secondary N) is 2. The molecule has 2 N–H and O–H groups in total. The molecule has 0 radical (unpaired) electrons. The molecule has 4 aromatic heterocycles. The molecule has 1 aromatic carbocycles. The lowest BCUT2D eigenvalue weighted by Gasteiger charge is -2.16. The van der Waals surface area contributed by atoms with Crippen molar-refractivity contribution in [2.24, 2.45) is 0 Å². The number of benzene rings is 1. The van der Waals surface area contributed by atoms with Crippen molar-refractivity contribution in [1.82, 2.24) is 35.0 Å². The van der Waals surface area contributed by atoms with Crippen molar-refractivity contribution in [3.63, 3.8) is 0 Å². The number of hydrogen-bond acceptors (Lipinski definition) is 5. The van der Waals surface area contributed by atoms with Crippen LogP contribution in [0.1, 0.15) is 5.69 Å². The number of rotatable bonds is 3. The predicted molar refractivity (Wildman–Crippen MR) is 120 cm³/mol. The molecule has 0 atom stereocenters. The minimum atomic E-state index is -0.396. The molecule has 0 saturated carbocycles. The van der Waals surface area contributed by atoms with Gasteiger partial charge in [-0.05, 0) is 36.4 Å². The summed E-state index contributed by atoms with van der Waals surface area (Å²) in [5.41, 5.74) is 6.68. The van der Waals surface area contributed by atoms with E-state index in [0.717, 1.165) is 47.5 Å². The summed E-state index contributed by atoms with van der Waals surface area (Å²) in [6.07, 6.45) is 5.25. The van der Waals surface area contributed by atoms with Crippen LogP contribution in [0.25, 0.3) is 44.8 Å². The van der Waals surface area contributed by atoms with Crippen molar-refractivity contribution in [3.05, 3.63) is 71.7 Å². The molecule has 6 rings (SSSR count). The van der Waals surface area contributed by atoms with Crippen molar-refractivity contribution >= 4 is 22.6 Å². The number of pyridine rings is 2. The summed E-state index contributed by atoms with van der Waals surface area (Å²) in [5.74, 6) is -0.396. The fourth-order valence-corrected chi connectivity index (χ4v) is 4.26. The first-order valence-electron chi connectivity index (χ1n) is 10.2. The van der Waals surface area contributed by atoms with E-state index in [9.17, 15) is 4.39 Å². The van der Waals surface area contributed by atoms with Crippen LogP contribution < -0.4 is 5.32 Å². The zero-order valence-electron chi connectivity index (χ0n) is 16.8. The third-order valence-corrected chi connectivity index (χ3v) is 5.90. The monoisotopic (exact) mass is 445 g/mol.